The zero-order valence-electron chi connectivity index (χ0n) is 18.3. The van der Waals surface area contributed by atoms with Crippen molar-refractivity contribution in [1.29, 1.82) is 0 Å². The molecule has 0 heterocycles. The van der Waals surface area contributed by atoms with Gasteiger partial charge in [-0.2, -0.15) is 0 Å². The van der Waals surface area contributed by atoms with E-state index in [-0.39, 0.29) is 44.3 Å². The van der Waals surface area contributed by atoms with Gasteiger partial charge in [0.25, 0.3) is 11.6 Å². The summed E-state index contributed by atoms with van der Waals surface area (Å²) in [6.45, 7) is 2.52. The van der Waals surface area contributed by atoms with Gasteiger partial charge in [0.15, 0.2) is 0 Å². The normalized spacial score (nSPS) is 12.6. The molecule has 0 aliphatic heterocycles. The van der Waals surface area contributed by atoms with E-state index in [9.17, 15) is 24.8 Å². The first-order valence-corrected chi connectivity index (χ1v) is 10.5. The second-order valence-electron chi connectivity index (χ2n) is 7.23. The van der Waals surface area contributed by atoms with Crippen LogP contribution in [0.25, 0.3) is 0 Å². The van der Waals surface area contributed by atoms with Gasteiger partial charge in [0.2, 0.25) is 0 Å². The minimum absolute atomic E-state index is 0.00263. The average molecular weight is 460 g/mol. The van der Waals surface area contributed by atoms with Gasteiger partial charge in [0.05, 0.1) is 36.7 Å². The van der Waals surface area contributed by atoms with Crippen LogP contribution in [0.3, 0.4) is 0 Å². The summed E-state index contributed by atoms with van der Waals surface area (Å²) in [7, 11) is 0. The van der Waals surface area contributed by atoms with E-state index in [2.05, 4.69) is 5.32 Å². The number of carboxylic acid groups (broad SMARTS) is 1. The molecule has 0 aromatic heterocycles. The lowest BCUT2D eigenvalue weighted by Crippen LogP contribution is -2.41. The highest BCUT2D eigenvalue weighted by Gasteiger charge is 2.25. The molecule has 0 fully saturated rings. The van der Waals surface area contributed by atoms with Crippen molar-refractivity contribution in [3.8, 4) is 0 Å². The number of carbonyl (C=O) groups excluding carboxylic acids is 1. The van der Waals surface area contributed by atoms with Crippen LogP contribution in [0.15, 0.2) is 54.6 Å². The Kier molecular flexibility index (Phi) is 10.9. The quantitative estimate of drug-likeness (QED) is 0.179. The summed E-state index contributed by atoms with van der Waals surface area (Å²) in [6.07, 6.45) is 0.0645. The lowest BCUT2D eigenvalue weighted by molar-refractivity contribution is -0.384. The SMILES string of the molecule is CCOCOC[C@H](C[C@H](COCc1ccccc1)C(=O)O)NC(=O)c1ccc([N+](=O)[O-])cc1. The molecule has 33 heavy (non-hydrogen) atoms. The summed E-state index contributed by atoms with van der Waals surface area (Å²) >= 11 is 0. The summed E-state index contributed by atoms with van der Waals surface area (Å²) in [6, 6.07) is 13.9. The van der Waals surface area contributed by atoms with Crippen LogP contribution in [0.2, 0.25) is 0 Å². The molecule has 0 bridgehead atoms. The first-order chi connectivity index (χ1) is 15.9. The van der Waals surface area contributed by atoms with E-state index < -0.39 is 28.8 Å². The summed E-state index contributed by atoms with van der Waals surface area (Å²) < 4.78 is 16.1. The van der Waals surface area contributed by atoms with Gasteiger partial charge in [-0.05, 0) is 31.0 Å². The number of nitro groups is 1. The Morgan fingerprint density at radius 1 is 1.03 bits per heavy atom. The van der Waals surface area contributed by atoms with Gasteiger partial charge in [-0.1, -0.05) is 30.3 Å². The predicted octanol–water partition coefficient (Wildman–Crippen LogP) is 3.01. The number of ether oxygens (including phenoxy) is 3. The number of rotatable bonds is 15. The van der Waals surface area contributed by atoms with Crippen molar-refractivity contribution in [3.05, 3.63) is 75.8 Å². The van der Waals surface area contributed by atoms with Crippen molar-refractivity contribution in [3.63, 3.8) is 0 Å². The van der Waals surface area contributed by atoms with Crippen LogP contribution in [0.4, 0.5) is 5.69 Å². The Bertz CT molecular complexity index is 889. The monoisotopic (exact) mass is 460 g/mol. The van der Waals surface area contributed by atoms with Crippen LogP contribution in [-0.2, 0) is 25.6 Å². The minimum Gasteiger partial charge on any atom is -0.481 e. The van der Waals surface area contributed by atoms with Gasteiger partial charge in [-0.15, -0.1) is 0 Å². The highest BCUT2D eigenvalue weighted by atomic mass is 16.7. The molecule has 0 saturated carbocycles. The Hall–Kier alpha value is -3.34. The smallest absolute Gasteiger partial charge is 0.308 e. The number of nitro benzene ring substituents is 1. The fourth-order valence-electron chi connectivity index (χ4n) is 2.98. The number of amides is 1. The number of benzene rings is 2. The topological polar surface area (TPSA) is 137 Å². The average Bonchev–Trinajstić information content (AvgIpc) is 2.81. The molecule has 10 nitrogen and oxygen atoms in total. The highest BCUT2D eigenvalue weighted by Crippen LogP contribution is 2.14. The molecule has 2 aromatic carbocycles. The van der Waals surface area contributed by atoms with E-state index in [4.69, 9.17) is 14.2 Å². The maximum Gasteiger partial charge on any atom is 0.308 e. The molecule has 2 atom stereocenters. The fraction of sp³-hybridized carbons (Fsp3) is 0.391. The molecule has 2 aromatic rings. The van der Waals surface area contributed by atoms with Crippen molar-refractivity contribution < 1.29 is 33.8 Å². The maximum atomic E-state index is 12.6. The van der Waals surface area contributed by atoms with Crippen LogP contribution in [0, 0.1) is 16.0 Å². The summed E-state index contributed by atoms with van der Waals surface area (Å²) in [5.41, 5.74) is 0.997. The van der Waals surface area contributed by atoms with Crippen LogP contribution in [0.1, 0.15) is 29.3 Å². The summed E-state index contributed by atoms with van der Waals surface area (Å²) in [5.74, 6) is -2.43. The van der Waals surface area contributed by atoms with E-state index in [0.29, 0.717) is 6.61 Å². The third kappa shape index (κ3) is 9.36. The lowest BCUT2D eigenvalue weighted by atomic mass is 10.0. The third-order valence-electron chi connectivity index (χ3n) is 4.71. The molecule has 0 radical (unpaired) electrons. The van der Waals surface area contributed by atoms with Crippen LogP contribution >= 0.6 is 0 Å². The van der Waals surface area contributed by atoms with Gasteiger partial charge < -0.3 is 24.6 Å². The second kappa shape index (κ2) is 13.9. The molecule has 0 spiro atoms. The first-order valence-electron chi connectivity index (χ1n) is 10.5. The van der Waals surface area contributed by atoms with Crippen LogP contribution in [0.5, 0.6) is 0 Å². The van der Waals surface area contributed by atoms with Gasteiger partial charge in [-0.25, -0.2) is 0 Å². The molecule has 178 valence electrons. The molecule has 2 rings (SSSR count). The Labute approximate surface area is 191 Å². The van der Waals surface area contributed by atoms with Crippen molar-refractivity contribution in [2.24, 2.45) is 5.92 Å². The van der Waals surface area contributed by atoms with E-state index in [1.807, 2.05) is 37.3 Å². The largest absolute Gasteiger partial charge is 0.481 e. The van der Waals surface area contributed by atoms with Gasteiger partial charge in [-0.3, -0.25) is 19.7 Å². The van der Waals surface area contributed by atoms with E-state index >= 15 is 0 Å². The Morgan fingerprint density at radius 3 is 2.33 bits per heavy atom. The Morgan fingerprint density at radius 2 is 1.73 bits per heavy atom. The highest BCUT2D eigenvalue weighted by molar-refractivity contribution is 5.94. The van der Waals surface area contributed by atoms with Gasteiger partial charge in [0, 0.05) is 24.3 Å². The van der Waals surface area contributed by atoms with Crippen molar-refractivity contribution in [1.82, 2.24) is 5.32 Å². The Balaban J connectivity index is 2.00. The molecule has 0 saturated heterocycles. The number of nitrogens with zero attached hydrogens (tertiary/aromatic N) is 1. The minimum atomic E-state index is -1.05. The number of nitrogens with one attached hydrogen (secondary N) is 1. The lowest BCUT2D eigenvalue weighted by Gasteiger charge is -2.22. The number of aliphatic carboxylic acids is 1. The second-order valence-corrected chi connectivity index (χ2v) is 7.23. The number of hydrogen-bond acceptors (Lipinski definition) is 7. The zero-order valence-corrected chi connectivity index (χ0v) is 18.3. The van der Waals surface area contributed by atoms with Crippen molar-refractivity contribution in [2.45, 2.75) is 26.0 Å². The first kappa shape index (κ1) is 25.9. The molecule has 0 unspecified atom stereocenters. The summed E-state index contributed by atoms with van der Waals surface area (Å²) in [4.78, 5) is 34.7. The van der Waals surface area contributed by atoms with E-state index in [1.54, 1.807) is 0 Å². The number of carbonyl (C=O) groups is 2. The molecule has 0 aliphatic rings. The predicted molar refractivity (Wildman–Crippen MR) is 119 cm³/mol. The molecular weight excluding hydrogens is 432 g/mol. The van der Waals surface area contributed by atoms with E-state index in [1.165, 1.54) is 24.3 Å². The van der Waals surface area contributed by atoms with Gasteiger partial charge >= 0.3 is 5.97 Å². The van der Waals surface area contributed by atoms with Gasteiger partial charge in [0.1, 0.15) is 6.79 Å². The third-order valence-corrected chi connectivity index (χ3v) is 4.71. The molecule has 1 amide bonds. The van der Waals surface area contributed by atoms with Crippen LogP contribution in [-0.4, -0.2) is 54.6 Å². The van der Waals surface area contributed by atoms with Crippen molar-refractivity contribution in [2.75, 3.05) is 26.6 Å². The molecular formula is C23H28N2O8. The number of carboxylic acids is 1. The molecule has 0 aliphatic carbocycles. The van der Waals surface area contributed by atoms with Crippen molar-refractivity contribution >= 4 is 17.6 Å². The fourth-order valence-corrected chi connectivity index (χ4v) is 2.98. The summed E-state index contributed by atoms with van der Waals surface area (Å²) in [5, 5.41) is 23.2. The maximum absolute atomic E-state index is 12.6. The molecule has 10 heteroatoms. The van der Waals surface area contributed by atoms with Crippen LogP contribution < -0.4 is 5.32 Å². The van der Waals surface area contributed by atoms with E-state index in [0.717, 1.165) is 5.56 Å². The zero-order chi connectivity index (χ0) is 24.1. The molecule has 2 N–H and O–H groups in total. The number of hydrogen-bond donors (Lipinski definition) is 2. The number of non-ortho nitro benzene ring substituents is 1. The standard InChI is InChI=1S/C23H28N2O8/c1-2-31-16-33-15-20(24-22(26)18-8-10-21(11-9-18)25(29)30)12-19(23(27)28)14-32-13-17-6-4-3-5-7-17/h3-11,19-20H,2,12-16H2,1H3,(H,24,26)(H,27,28)/t19-,20+/m1/s1.